The van der Waals surface area contributed by atoms with Crippen molar-refractivity contribution < 1.29 is 14.3 Å². The van der Waals surface area contributed by atoms with Crippen LogP contribution in [0.4, 0.5) is 11.5 Å². The van der Waals surface area contributed by atoms with Gasteiger partial charge in [0.1, 0.15) is 5.82 Å². The van der Waals surface area contributed by atoms with Crippen LogP contribution < -0.4 is 10.6 Å². The molecular weight excluding hydrogens is 246 g/mol. The molecule has 19 heavy (non-hydrogen) atoms. The molecule has 0 spiro atoms. The number of methoxy groups -OCH3 is 2. The van der Waals surface area contributed by atoms with Gasteiger partial charge in [-0.2, -0.15) is 0 Å². The molecule has 2 heterocycles. The summed E-state index contributed by atoms with van der Waals surface area (Å²) in [4.78, 5) is 18.0. The molecule has 104 valence electrons. The lowest BCUT2D eigenvalue weighted by Gasteiger charge is -2.32. The normalized spacial score (nSPS) is 19.3. The third-order valence-electron chi connectivity index (χ3n) is 3.36. The molecule has 0 aromatic carbocycles. The van der Waals surface area contributed by atoms with E-state index in [0.717, 1.165) is 31.7 Å². The van der Waals surface area contributed by atoms with Gasteiger partial charge in [-0.1, -0.05) is 0 Å². The number of pyridine rings is 1. The van der Waals surface area contributed by atoms with Crippen LogP contribution in [0.25, 0.3) is 0 Å². The Balaban J connectivity index is 2.22. The molecule has 1 aliphatic rings. The molecule has 1 aliphatic heterocycles. The Morgan fingerprint density at radius 3 is 3.00 bits per heavy atom. The van der Waals surface area contributed by atoms with Crippen molar-refractivity contribution in [2.75, 3.05) is 37.9 Å². The average molecular weight is 265 g/mol. The first-order chi connectivity index (χ1) is 9.15. The highest BCUT2D eigenvalue weighted by Gasteiger charge is 2.22. The molecule has 2 N–H and O–H groups in total. The maximum atomic E-state index is 11.6. The van der Waals surface area contributed by atoms with Crippen LogP contribution in [0.5, 0.6) is 0 Å². The van der Waals surface area contributed by atoms with E-state index in [1.165, 1.54) is 13.3 Å². The van der Waals surface area contributed by atoms with E-state index in [-0.39, 0.29) is 6.10 Å². The smallest absolute Gasteiger partial charge is 0.340 e. The van der Waals surface area contributed by atoms with Gasteiger partial charge in [0.05, 0.1) is 30.7 Å². The van der Waals surface area contributed by atoms with Crippen molar-refractivity contribution in [3.63, 3.8) is 0 Å². The minimum Gasteiger partial charge on any atom is -0.465 e. The monoisotopic (exact) mass is 265 g/mol. The minimum atomic E-state index is -0.443. The second-order valence-electron chi connectivity index (χ2n) is 4.57. The van der Waals surface area contributed by atoms with Crippen molar-refractivity contribution in [1.82, 2.24) is 4.98 Å². The average Bonchev–Trinajstić information content (AvgIpc) is 2.47. The van der Waals surface area contributed by atoms with Crippen LogP contribution in [0.15, 0.2) is 12.3 Å². The number of anilines is 2. The highest BCUT2D eigenvalue weighted by Crippen LogP contribution is 2.23. The van der Waals surface area contributed by atoms with Crippen molar-refractivity contribution in [2.45, 2.75) is 18.9 Å². The summed E-state index contributed by atoms with van der Waals surface area (Å²) in [6.07, 6.45) is 3.79. The second kappa shape index (κ2) is 5.88. The summed E-state index contributed by atoms with van der Waals surface area (Å²) in [6, 6.07) is 1.68. The number of hydrogen-bond donors (Lipinski definition) is 1. The quantitative estimate of drug-likeness (QED) is 0.824. The standard InChI is InChI=1S/C13H19N3O3/c1-18-9-4-3-5-16(8-9)12-6-10(13(17)19-2)11(14)7-15-12/h6-7,9H,3-5,8,14H2,1-2H3. The lowest BCUT2D eigenvalue weighted by atomic mass is 10.1. The van der Waals surface area contributed by atoms with Gasteiger partial charge < -0.3 is 20.1 Å². The van der Waals surface area contributed by atoms with Crippen LogP contribution in [0.3, 0.4) is 0 Å². The fourth-order valence-electron chi connectivity index (χ4n) is 2.25. The summed E-state index contributed by atoms with van der Waals surface area (Å²) >= 11 is 0. The summed E-state index contributed by atoms with van der Waals surface area (Å²) in [7, 11) is 3.05. The van der Waals surface area contributed by atoms with E-state index in [4.69, 9.17) is 15.2 Å². The first-order valence-electron chi connectivity index (χ1n) is 6.27. The number of hydrogen-bond acceptors (Lipinski definition) is 6. The van der Waals surface area contributed by atoms with E-state index in [0.29, 0.717) is 11.3 Å². The van der Waals surface area contributed by atoms with Crippen molar-refractivity contribution in [3.05, 3.63) is 17.8 Å². The number of carbonyl (C=O) groups is 1. The maximum Gasteiger partial charge on any atom is 0.340 e. The summed E-state index contributed by atoms with van der Waals surface area (Å²) in [5, 5.41) is 0. The number of carbonyl (C=O) groups excluding carboxylic acids is 1. The van der Waals surface area contributed by atoms with E-state index >= 15 is 0 Å². The van der Waals surface area contributed by atoms with Gasteiger partial charge in [-0.25, -0.2) is 9.78 Å². The zero-order chi connectivity index (χ0) is 13.8. The largest absolute Gasteiger partial charge is 0.465 e. The molecule has 1 fully saturated rings. The third-order valence-corrected chi connectivity index (χ3v) is 3.36. The Morgan fingerprint density at radius 2 is 2.32 bits per heavy atom. The lowest BCUT2D eigenvalue weighted by molar-refractivity contribution is 0.0602. The van der Waals surface area contributed by atoms with Crippen molar-refractivity contribution >= 4 is 17.5 Å². The van der Waals surface area contributed by atoms with Gasteiger partial charge in [0.15, 0.2) is 0 Å². The van der Waals surface area contributed by atoms with Crippen LogP contribution in [-0.4, -0.2) is 44.4 Å². The van der Waals surface area contributed by atoms with E-state index in [1.54, 1.807) is 13.2 Å². The molecule has 0 amide bonds. The highest BCUT2D eigenvalue weighted by atomic mass is 16.5. The number of nitrogens with two attached hydrogens (primary N) is 1. The zero-order valence-electron chi connectivity index (χ0n) is 11.3. The molecule has 1 aromatic rings. The SMILES string of the molecule is COC(=O)c1cc(N2CCCC(OC)C2)ncc1N. The van der Waals surface area contributed by atoms with Crippen LogP contribution >= 0.6 is 0 Å². The minimum absolute atomic E-state index is 0.203. The Hall–Kier alpha value is -1.82. The second-order valence-corrected chi connectivity index (χ2v) is 4.57. The molecule has 1 saturated heterocycles. The van der Waals surface area contributed by atoms with Crippen LogP contribution in [0.2, 0.25) is 0 Å². The number of esters is 1. The zero-order valence-corrected chi connectivity index (χ0v) is 11.3. The van der Waals surface area contributed by atoms with E-state index in [1.807, 2.05) is 0 Å². The summed E-state index contributed by atoms with van der Waals surface area (Å²) in [5.74, 6) is 0.290. The molecule has 2 rings (SSSR count). The van der Waals surface area contributed by atoms with Crippen molar-refractivity contribution in [2.24, 2.45) is 0 Å². The molecule has 0 bridgehead atoms. The maximum absolute atomic E-state index is 11.6. The number of nitrogen functional groups attached to an aromatic ring is 1. The molecule has 0 radical (unpaired) electrons. The predicted molar refractivity (Wildman–Crippen MR) is 72.2 cm³/mol. The van der Waals surface area contributed by atoms with Crippen LogP contribution in [0, 0.1) is 0 Å². The first kappa shape index (κ1) is 13.6. The molecular formula is C13H19N3O3. The highest BCUT2D eigenvalue weighted by molar-refractivity contribution is 5.95. The predicted octanol–water partition coefficient (Wildman–Crippen LogP) is 1.07. The Kier molecular flexibility index (Phi) is 4.21. The molecule has 0 saturated carbocycles. The first-order valence-corrected chi connectivity index (χ1v) is 6.27. The van der Waals surface area contributed by atoms with Crippen molar-refractivity contribution in [3.8, 4) is 0 Å². The molecule has 6 nitrogen and oxygen atoms in total. The topological polar surface area (TPSA) is 77.7 Å². The van der Waals surface area contributed by atoms with Gasteiger partial charge in [-0.15, -0.1) is 0 Å². The molecule has 1 aromatic heterocycles. The van der Waals surface area contributed by atoms with Gasteiger partial charge in [-0.05, 0) is 18.9 Å². The van der Waals surface area contributed by atoms with Crippen LogP contribution in [-0.2, 0) is 9.47 Å². The van der Waals surface area contributed by atoms with E-state index < -0.39 is 5.97 Å². The number of ether oxygens (including phenoxy) is 2. The van der Waals surface area contributed by atoms with Gasteiger partial charge in [0.25, 0.3) is 0 Å². The van der Waals surface area contributed by atoms with Gasteiger partial charge in [-0.3, -0.25) is 0 Å². The molecule has 6 heteroatoms. The molecule has 1 unspecified atom stereocenters. The van der Waals surface area contributed by atoms with Crippen molar-refractivity contribution in [1.29, 1.82) is 0 Å². The summed E-state index contributed by atoms with van der Waals surface area (Å²) < 4.78 is 10.1. The molecule has 0 aliphatic carbocycles. The fourth-order valence-corrected chi connectivity index (χ4v) is 2.25. The van der Waals surface area contributed by atoms with Gasteiger partial charge in [0, 0.05) is 20.2 Å². The van der Waals surface area contributed by atoms with Gasteiger partial charge >= 0.3 is 5.97 Å². The Morgan fingerprint density at radius 1 is 1.53 bits per heavy atom. The lowest BCUT2D eigenvalue weighted by Crippen LogP contribution is -2.39. The summed E-state index contributed by atoms with van der Waals surface area (Å²) in [6.45, 7) is 1.67. The van der Waals surface area contributed by atoms with E-state index in [9.17, 15) is 4.79 Å². The fraction of sp³-hybridized carbons (Fsp3) is 0.538. The van der Waals surface area contributed by atoms with Gasteiger partial charge in [0.2, 0.25) is 0 Å². The third kappa shape index (κ3) is 2.96. The Labute approximate surface area is 112 Å². The number of aromatic nitrogens is 1. The number of nitrogens with zero attached hydrogens (tertiary/aromatic N) is 2. The van der Waals surface area contributed by atoms with E-state index in [2.05, 4.69) is 9.88 Å². The molecule has 1 atom stereocenters. The number of rotatable bonds is 3. The Bertz CT molecular complexity index is 464. The number of piperidine rings is 1. The summed E-state index contributed by atoms with van der Waals surface area (Å²) in [5.41, 5.74) is 6.43. The van der Waals surface area contributed by atoms with Crippen LogP contribution in [0.1, 0.15) is 23.2 Å².